The number of nitrogens with zero attached hydrogens (tertiary/aromatic N) is 1. The Morgan fingerprint density at radius 2 is 2.42 bits per heavy atom. The molecule has 0 radical (unpaired) electrons. The standard InChI is InChI=1S/C5H9N3O3S/c1-6-12(10,11)5-4(3-9)2-7-8-5/h2,6,9H,3H2,1H3,(H,7,8). The van der Waals surface area contributed by atoms with Gasteiger partial charge >= 0.3 is 0 Å². The van der Waals surface area contributed by atoms with Crippen LogP contribution in [0.3, 0.4) is 0 Å². The van der Waals surface area contributed by atoms with Gasteiger partial charge in [0.1, 0.15) is 0 Å². The predicted molar refractivity (Wildman–Crippen MR) is 40.8 cm³/mol. The molecule has 7 heteroatoms. The van der Waals surface area contributed by atoms with Gasteiger partial charge in [0.15, 0.2) is 5.03 Å². The molecule has 1 aromatic rings. The second-order valence-corrected chi connectivity index (χ2v) is 3.91. The fraction of sp³-hybridized carbons (Fsp3) is 0.400. The number of aromatic amines is 1. The van der Waals surface area contributed by atoms with E-state index in [-0.39, 0.29) is 17.2 Å². The summed E-state index contributed by atoms with van der Waals surface area (Å²) >= 11 is 0. The van der Waals surface area contributed by atoms with Crippen molar-refractivity contribution < 1.29 is 13.5 Å². The van der Waals surface area contributed by atoms with E-state index >= 15 is 0 Å². The highest BCUT2D eigenvalue weighted by molar-refractivity contribution is 7.89. The van der Waals surface area contributed by atoms with Crippen LogP contribution in [0, 0.1) is 0 Å². The van der Waals surface area contributed by atoms with Crippen LogP contribution in [0.4, 0.5) is 0 Å². The van der Waals surface area contributed by atoms with Gasteiger partial charge in [-0.2, -0.15) is 5.10 Å². The fourth-order valence-corrected chi connectivity index (χ4v) is 1.59. The summed E-state index contributed by atoms with van der Waals surface area (Å²) in [6.45, 7) is -0.354. The van der Waals surface area contributed by atoms with Crippen molar-refractivity contribution in [2.75, 3.05) is 7.05 Å². The first kappa shape index (κ1) is 9.17. The first-order valence-electron chi connectivity index (χ1n) is 3.18. The highest BCUT2D eigenvalue weighted by atomic mass is 32.2. The van der Waals surface area contributed by atoms with Crippen LogP contribution in [0.5, 0.6) is 0 Å². The molecule has 3 N–H and O–H groups in total. The molecule has 0 saturated heterocycles. The van der Waals surface area contributed by atoms with Gasteiger partial charge in [0.25, 0.3) is 10.0 Å². The maximum Gasteiger partial charge on any atom is 0.257 e. The van der Waals surface area contributed by atoms with Gasteiger partial charge in [0.2, 0.25) is 0 Å². The number of aliphatic hydroxyl groups is 1. The summed E-state index contributed by atoms with van der Waals surface area (Å²) in [4.78, 5) is 0. The molecule has 0 aliphatic heterocycles. The molecule has 0 spiro atoms. The Balaban J connectivity index is 3.19. The van der Waals surface area contributed by atoms with E-state index in [4.69, 9.17) is 5.11 Å². The molecule has 0 amide bonds. The van der Waals surface area contributed by atoms with Gasteiger partial charge in [-0.25, -0.2) is 13.1 Å². The number of nitrogens with one attached hydrogen (secondary N) is 2. The van der Waals surface area contributed by atoms with Gasteiger partial charge in [-0.1, -0.05) is 0 Å². The number of H-pyrrole nitrogens is 1. The normalized spacial score (nSPS) is 11.8. The third kappa shape index (κ3) is 1.47. The van der Waals surface area contributed by atoms with E-state index in [1.165, 1.54) is 13.2 Å². The molecule has 6 nitrogen and oxygen atoms in total. The van der Waals surface area contributed by atoms with Crippen molar-refractivity contribution >= 4 is 10.0 Å². The molecule has 12 heavy (non-hydrogen) atoms. The van der Waals surface area contributed by atoms with Crippen LogP contribution in [-0.4, -0.2) is 30.8 Å². The Hall–Kier alpha value is -0.920. The Kier molecular flexibility index (Phi) is 2.46. The number of aliphatic hydroxyl groups excluding tert-OH is 1. The molecule has 0 aromatic carbocycles. The number of hydrogen-bond donors (Lipinski definition) is 3. The smallest absolute Gasteiger partial charge is 0.257 e. The van der Waals surface area contributed by atoms with Crippen molar-refractivity contribution in [2.45, 2.75) is 11.6 Å². The molecular formula is C5H9N3O3S. The molecule has 1 rings (SSSR count). The lowest BCUT2D eigenvalue weighted by atomic mass is 10.4. The highest BCUT2D eigenvalue weighted by Gasteiger charge is 2.17. The van der Waals surface area contributed by atoms with Gasteiger partial charge in [-0.3, -0.25) is 5.10 Å². The van der Waals surface area contributed by atoms with Crippen molar-refractivity contribution in [2.24, 2.45) is 0 Å². The fourth-order valence-electron chi connectivity index (χ4n) is 0.747. The number of aromatic nitrogens is 2. The summed E-state index contributed by atoms with van der Waals surface area (Å²) in [5.41, 5.74) is 0.254. The van der Waals surface area contributed by atoms with E-state index in [2.05, 4.69) is 14.9 Å². The van der Waals surface area contributed by atoms with E-state index in [0.29, 0.717) is 0 Å². The van der Waals surface area contributed by atoms with Crippen molar-refractivity contribution in [3.8, 4) is 0 Å². The molecule has 1 heterocycles. The molecule has 0 aliphatic rings. The van der Waals surface area contributed by atoms with Crippen LogP contribution in [0.25, 0.3) is 0 Å². The van der Waals surface area contributed by atoms with Crippen LogP contribution in [0.2, 0.25) is 0 Å². The zero-order chi connectivity index (χ0) is 9.19. The lowest BCUT2D eigenvalue weighted by Crippen LogP contribution is -2.20. The summed E-state index contributed by atoms with van der Waals surface area (Å²) in [7, 11) is -2.24. The van der Waals surface area contributed by atoms with Crippen LogP contribution < -0.4 is 4.72 Å². The Morgan fingerprint density at radius 1 is 1.75 bits per heavy atom. The van der Waals surface area contributed by atoms with Crippen molar-refractivity contribution in [1.29, 1.82) is 0 Å². The molecule has 0 unspecified atom stereocenters. The zero-order valence-electron chi connectivity index (χ0n) is 6.40. The molecule has 0 bridgehead atoms. The average molecular weight is 191 g/mol. The number of hydrogen-bond acceptors (Lipinski definition) is 4. The van der Waals surface area contributed by atoms with E-state index in [0.717, 1.165) is 0 Å². The van der Waals surface area contributed by atoms with Crippen LogP contribution in [0.15, 0.2) is 11.2 Å². The SMILES string of the molecule is CNS(=O)(=O)c1[nH]ncc1CO. The van der Waals surface area contributed by atoms with Crippen molar-refractivity contribution in [3.05, 3.63) is 11.8 Å². The Bertz CT molecular complexity index is 356. The van der Waals surface area contributed by atoms with Gasteiger partial charge in [0, 0.05) is 5.56 Å². The van der Waals surface area contributed by atoms with Crippen molar-refractivity contribution in [1.82, 2.24) is 14.9 Å². The quantitative estimate of drug-likeness (QED) is 0.560. The molecule has 1 aromatic heterocycles. The second-order valence-electron chi connectivity index (χ2n) is 2.09. The molecule has 0 fully saturated rings. The lowest BCUT2D eigenvalue weighted by Gasteiger charge is -1.99. The van der Waals surface area contributed by atoms with E-state index in [1.54, 1.807) is 0 Å². The summed E-state index contributed by atoms with van der Waals surface area (Å²) in [5.74, 6) is 0. The summed E-state index contributed by atoms with van der Waals surface area (Å²) in [6, 6.07) is 0. The maximum absolute atomic E-state index is 11.1. The Morgan fingerprint density at radius 3 is 2.92 bits per heavy atom. The van der Waals surface area contributed by atoms with Crippen LogP contribution in [0.1, 0.15) is 5.56 Å². The van der Waals surface area contributed by atoms with Crippen molar-refractivity contribution in [3.63, 3.8) is 0 Å². The van der Waals surface area contributed by atoms with E-state index in [9.17, 15) is 8.42 Å². The first-order valence-corrected chi connectivity index (χ1v) is 4.67. The minimum absolute atomic E-state index is 0.0903. The largest absolute Gasteiger partial charge is 0.392 e. The van der Waals surface area contributed by atoms with Gasteiger partial charge < -0.3 is 5.11 Å². The monoisotopic (exact) mass is 191 g/mol. The maximum atomic E-state index is 11.1. The third-order valence-corrected chi connectivity index (χ3v) is 2.81. The molecule has 0 aliphatic carbocycles. The number of sulfonamides is 1. The van der Waals surface area contributed by atoms with Gasteiger partial charge in [-0.15, -0.1) is 0 Å². The van der Waals surface area contributed by atoms with Gasteiger partial charge in [-0.05, 0) is 7.05 Å². The van der Waals surface area contributed by atoms with E-state index < -0.39 is 10.0 Å². The summed E-state index contributed by atoms with van der Waals surface area (Å²) < 4.78 is 24.4. The minimum Gasteiger partial charge on any atom is -0.392 e. The second kappa shape index (κ2) is 3.21. The first-order chi connectivity index (χ1) is 5.61. The average Bonchev–Trinajstić information content (AvgIpc) is 2.52. The van der Waals surface area contributed by atoms with Crippen LogP contribution in [-0.2, 0) is 16.6 Å². The third-order valence-electron chi connectivity index (χ3n) is 1.39. The Labute approximate surface area is 69.7 Å². The number of rotatable bonds is 3. The highest BCUT2D eigenvalue weighted by Crippen LogP contribution is 2.10. The van der Waals surface area contributed by atoms with Crippen LogP contribution >= 0.6 is 0 Å². The minimum atomic E-state index is -3.53. The zero-order valence-corrected chi connectivity index (χ0v) is 7.22. The van der Waals surface area contributed by atoms with Gasteiger partial charge in [0.05, 0.1) is 12.8 Å². The van der Waals surface area contributed by atoms with E-state index in [1.807, 2.05) is 0 Å². The topological polar surface area (TPSA) is 95.1 Å². The molecule has 0 atom stereocenters. The lowest BCUT2D eigenvalue weighted by molar-refractivity contribution is 0.278. The summed E-state index contributed by atoms with van der Waals surface area (Å²) in [6.07, 6.45) is 1.27. The predicted octanol–water partition coefficient (Wildman–Crippen LogP) is -1.19. The molecule has 68 valence electrons. The summed E-state index contributed by atoms with van der Waals surface area (Å²) in [5, 5.41) is 14.4. The molecular weight excluding hydrogens is 182 g/mol. The molecule has 0 saturated carbocycles.